The van der Waals surface area contributed by atoms with Crippen molar-refractivity contribution in [2.24, 2.45) is 5.92 Å². The number of hydrogen-bond donors (Lipinski definition) is 1. The van der Waals surface area contributed by atoms with E-state index >= 15 is 0 Å². The van der Waals surface area contributed by atoms with Crippen LogP contribution in [0.4, 0.5) is 0 Å². The predicted octanol–water partition coefficient (Wildman–Crippen LogP) is 4.11. The van der Waals surface area contributed by atoms with E-state index in [2.05, 4.69) is 63.3 Å². The van der Waals surface area contributed by atoms with Gasteiger partial charge in [-0.05, 0) is 43.5 Å². The summed E-state index contributed by atoms with van der Waals surface area (Å²) in [5.41, 5.74) is 3.64. The van der Waals surface area contributed by atoms with Gasteiger partial charge in [-0.25, -0.2) is 0 Å². The number of para-hydroxylation sites is 1. The second-order valence-corrected chi connectivity index (χ2v) is 6.03. The van der Waals surface area contributed by atoms with Crippen LogP contribution in [-0.2, 0) is 6.42 Å². The van der Waals surface area contributed by atoms with Crippen molar-refractivity contribution in [2.45, 2.75) is 46.6 Å². The zero-order valence-corrected chi connectivity index (χ0v) is 13.1. The molecule has 1 aromatic carbocycles. The zero-order valence-electron chi connectivity index (χ0n) is 13.1. The van der Waals surface area contributed by atoms with Gasteiger partial charge in [-0.2, -0.15) is 0 Å². The quantitative estimate of drug-likeness (QED) is 0.854. The van der Waals surface area contributed by atoms with E-state index < -0.39 is 0 Å². The second kappa shape index (κ2) is 6.85. The number of fused-ring (bicyclic) bond motifs is 1. The van der Waals surface area contributed by atoms with Gasteiger partial charge in [-0.15, -0.1) is 0 Å². The molecule has 20 heavy (non-hydrogen) atoms. The minimum Gasteiger partial charge on any atom is -0.314 e. The van der Waals surface area contributed by atoms with Gasteiger partial charge >= 0.3 is 0 Å². The first-order valence-electron chi connectivity index (χ1n) is 7.68. The first kappa shape index (κ1) is 15.0. The number of aryl methyl sites for hydroxylation is 1. The van der Waals surface area contributed by atoms with Crippen LogP contribution in [0.15, 0.2) is 30.3 Å². The van der Waals surface area contributed by atoms with Crippen LogP contribution in [0.2, 0.25) is 0 Å². The van der Waals surface area contributed by atoms with E-state index in [1.165, 1.54) is 23.1 Å². The standard InChI is InChI=1S/C18H26N2/c1-5-19-16(10-13(2)3)12-18-14(4)11-15-8-6-7-9-17(15)20-18/h6-9,11,13,16,19H,5,10,12H2,1-4H3. The summed E-state index contributed by atoms with van der Waals surface area (Å²) < 4.78 is 0. The maximum atomic E-state index is 4.86. The number of nitrogens with one attached hydrogen (secondary N) is 1. The molecule has 1 aromatic heterocycles. The lowest BCUT2D eigenvalue weighted by Gasteiger charge is -2.20. The van der Waals surface area contributed by atoms with Crippen molar-refractivity contribution in [2.75, 3.05) is 6.54 Å². The van der Waals surface area contributed by atoms with Crippen LogP contribution in [-0.4, -0.2) is 17.6 Å². The van der Waals surface area contributed by atoms with Gasteiger partial charge < -0.3 is 5.32 Å². The SMILES string of the molecule is CCNC(Cc1nc2ccccc2cc1C)CC(C)C. The maximum absolute atomic E-state index is 4.86. The average molecular weight is 270 g/mol. The van der Waals surface area contributed by atoms with E-state index in [1.807, 2.05) is 0 Å². The molecule has 0 amide bonds. The fraction of sp³-hybridized carbons (Fsp3) is 0.500. The average Bonchev–Trinajstić information content (AvgIpc) is 2.39. The van der Waals surface area contributed by atoms with Crippen LogP contribution in [0.5, 0.6) is 0 Å². The normalized spacial score (nSPS) is 13.1. The Kier molecular flexibility index (Phi) is 5.13. The summed E-state index contributed by atoms with van der Waals surface area (Å²) in [5, 5.41) is 4.83. The van der Waals surface area contributed by atoms with E-state index in [0.29, 0.717) is 12.0 Å². The van der Waals surface area contributed by atoms with Gasteiger partial charge in [-0.1, -0.05) is 39.0 Å². The van der Waals surface area contributed by atoms with Crippen LogP contribution >= 0.6 is 0 Å². The molecule has 0 radical (unpaired) electrons. The molecule has 2 aromatic rings. The summed E-state index contributed by atoms with van der Waals surface area (Å²) in [7, 11) is 0. The first-order valence-corrected chi connectivity index (χ1v) is 7.68. The molecule has 108 valence electrons. The van der Waals surface area contributed by atoms with Gasteiger partial charge in [0.2, 0.25) is 0 Å². The zero-order chi connectivity index (χ0) is 14.5. The summed E-state index contributed by atoms with van der Waals surface area (Å²) >= 11 is 0. The summed E-state index contributed by atoms with van der Waals surface area (Å²) in [5.74, 6) is 0.708. The number of benzene rings is 1. The van der Waals surface area contributed by atoms with Gasteiger partial charge in [0.1, 0.15) is 0 Å². The number of nitrogens with zero attached hydrogens (tertiary/aromatic N) is 1. The van der Waals surface area contributed by atoms with Crippen LogP contribution < -0.4 is 5.32 Å². The largest absolute Gasteiger partial charge is 0.314 e. The molecule has 2 heteroatoms. The van der Waals surface area contributed by atoms with Gasteiger partial charge in [-0.3, -0.25) is 4.98 Å². The molecule has 0 saturated heterocycles. The van der Waals surface area contributed by atoms with Crippen LogP contribution in [0.3, 0.4) is 0 Å². The molecular formula is C18H26N2. The summed E-state index contributed by atoms with van der Waals surface area (Å²) in [6, 6.07) is 11.1. The number of pyridine rings is 1. The maximum Gasteiger partial charge on any atom is 0.0705 e. The number of hydrogen-bond acceptors (Lipinski definition) is 2. The highest BCUT2D eigenvalue weighted by molar-refractivity contribution is 5.79. The highest BCUT2D eigenvalue weighted by Gasteiger charge is 2.13. The molecule has 1 unspecified atom stereocenters. The first-order chi connectivity index (χ1) is 9.60. The van der Waals surface area contributed by atoms with Crippen molar-refractivity contribution in [1.29, 1.82) is 0 Å². The van der Waals surface area contributed by atoms with Crippen LogP contribution in [0.1, 0.15) is 38.4 Å². The Morgan fingerprint density at radius 3 is 2.65 bits per heavy atom. The number of likely N-dealkylation sites (N-methyl/N-ethyl adjacent to an activating group) is 1. The Morgan fingerprint density at radius 1 is 1.20 bits per heavy atom. The summed E-state index contributed by atoms with van der Waals surface area (Å²) in [6.45, 7) is 9.93. The molecular weight excluding hydrogens is 244 g/mol. The van der Waals surface area contributed by atoms with Gasteiger partial charge in [0.25, 0.3) is 0 Å². The van der Waals surface area contributed by atoms with Crippen molar-refractivity contribution in [3.8, 4) is 0 Å². The molecule has 0 bridgehead atoms. The lowest BCUT2D eigenvalue weighted by atomic mass is 9.97. The molecule has 0 aliphatic heterocycles. The highest BCUT2D eigenvalue weighted by Crippen LogP contribution is 2.18. The third kappa shape index (κ3) is 3.80. The highest BCUT2D eigenvalue weighted by atomic mass is 14.9. The molecule has 1 N–H and O–H groups in total. The van der Waals surface area contributed by atoms with Crippen molar-refractivity contribution in [1.82, 2.24) is 10.3 Å². The summed E-state index contributed by atoms with van der Waals surface area (Å²) in [4.78, 5) is 4.86. The third-order valence-corrected chi connectivity index (χ3v) is 3.71. The smallest absolute Gasteiger partial charge is 0.0705 e. The second-order valence-electron chi connectivity index (χ2n) is 6.03. The molecule has 2 rings (SSSR count). The molecule has 0 aliphatic rings. The fourth-order valence-corrected chi connectivity index (χ4v) is 2.80. The van der Waals surface area contributed by atoms with Crippen molar-refractivity contribution >= 4 is 10.9 Å². The molecule has 1 heterocycles. The van der Waals surface area contributed by atoms with Crippen molar-refractivity contribution in [3.63, 3.8) is 0 Å². The minimum atomic E-state index is 0.521. The Bertz CT molecular complexity index is 560. The number of aromatic nitrogens is 1. The molecule has 0 spiro atoms. The number of rotatable bonds is 6. The van der Waals surface area contributed by atoms with Gasteiger partial charge in [0.15, 0.2) is 0 Å². The lowest BCUT2D eigenvalue weighted by molar-refractivity contribution is 0.421. The molecule has 0 saturated carbocycles. The van der Waals surface area contributed by atoms with E-state index in [-0.39, 0.29) is 0 Å². The van der Waals surface area contributed by atoms with Crippen LogP contribution in [0, 0.1) is 12.8 Å². The van der Waals surface area contributed by atoms with E-state index in [9.17, 15) is 0 Å². The van der Waals surface area contributed by atoms with E-state index in [4.69, 9.17) is 4.98 Å². The van der Waals surface area contributed by atoms with Gasteiger partial charge in [0.05, 0.1) is 5.52 Å². The monoisotopic (exact) mass is 270 g/mol. The van der Waals surface area contributed by atoms with Gasteiger partial charge in [0, 0.05) is 23.5 Å². The molecule has 2 nitrogen and oxygen atoms in total. The fourth-order valence-electron chi connectivity index (χ4n) is 2.80. The molecule has 1 atom stereocenters. The van der Waals surface area contributed by atoms with E-state index in [1.54, 1.807) is 0 Å². The Morgan fingerprint density at radius 2 is 1.95 bits per heavy atom. The van der Waals surface area contributed by atoms with Crippen molar-refractivity contribution in [3.05, 3.63) is 41.6 Å². The Labute approximate surface area is 122 Å². The van der Waals surface area contributed by atoms with Crippen LogP contribution in [0.25, 0.3) is 10.9 Å². The third-order valence-electron chi connectivity index (χ3n) is 3.71. The van der Waals surface area contributed by atoms with Crippen molar-refractivity contribution < 1.29 is 0 Å². The van der Waals surface area contributed by atoms with E-state index in [0.717, 1.165) is 18.5 Å². The lowest BCUT2D eigenvalue weighted by Crippen LogP contribution is -2.32. The Balaban J connectivity index is 2.24. The Hall–Kier alpha value is -1.41. The molecule has 0 aliphatic carbocycles. The molecule has 0 fully saturated rings. The predicted molar refractivity (Wildman–Crippen MR) is 87.1 cm³/mol. The minimum absolute atomic E-state index is 0.521. The summed E-state index contributed by atoms with van der Waals surface area (Å²) in [6.07, 6.45) is 2.21. The topological polar surface area (TPSA) is 24.9 Å².